The number of amides is 2. The Kier molecular flexibility index (Phi) is 3.56. The summed E-state index contributed by atoms with van der Waals surface area (Å²) in [7, 11) is 0. The highest BCUT2D eigenvalue weighted by Gasteiger charge is 2.13. The Bertz CT molecular complexity index is 683. The van der Waals surface area contributed by atoms with E-state index < -0.39 is 11.8 Å². The Hall–Kier alpha value is -3.02. The van der Waals surface area contributed by atoms with Gasteiger partial charge in [0.05, 0.1) is 11.3 Å². The van der Waals surface area contributed by atoms with Gasteiger partial charge in [-0.3, -0.25) is 9.59 Å². The van der Waals surface area contributed by atoms with E-state index in [4.69, 9.17) is 11.5 Å². The molecule has 102 valence electrons. The molecular weight excluding hydrogens is 258 g/mol. The fourth-order valence-corrected chi connectivity index (χ4v) is 1.69. The third kappa shape index (κ3) is 2.69. The molecule has 0 aromatic heterocycles. The highest BCUT2D eigenvalue weighted by atomic mass is 16.3. The molecular formula is C14H13N3O3. The lowest BCUT2D eigenvalue weighted by Gasteiger charge is -2.08. The Morgan fingerprint density at radius 2 is 1.80 bits per heavy atom. The second kappa shape index (κ2) is 5.31. The third-order valence-electron chi connectivity index (χ3n) is 2.72. The summed E-state index contributed by atoms with van der Waals surface area (Å²) in [5, 5.41) is 12.3. The van der Waals surface area contributed by atoms with E-state index in [1.165, 1.54) is 24.3 Å². The highest BCUT2D eigenvalue weighted by molar-refractivity contribution is 6.07. The van der Waals surface area contributed by atoms with Crippen molar-refractivity contribution in [2.45, 2.75) is 0 Å². The van der Waals surface area contributed by atoms with Crippen molar-refractivity contribution in [1.29, 1.82) is 0 Å². The number of rotatable bonds is 3. The zero-order chi connectivity index (χ0) is 14.7. The van der Waals surface area contributed by atoms with Crippen LogP contribution in [0.4, 0.5) is 11.4 Å². The predicted molar refractivity (Wildman–Crippen MR) is 75.4 cm³/mol. The molecule has 2 amide bonds. The first kappa shape index (κ1) is 13.4. The molecule has 0 heterocycles. The van der Waals surface area contributed by atoms with Gasteiger partial charge in [-0.05, 0) is 30.3 Å². The number of primary amides is 1. The Balaban J connectivity index is 2.26. The number of hydrogen-bond acceptors (Lipinski definition) is 4. The lowest BCUT2D eigenvalue weighted by molar-refractivity contribution is 0.0995. The summed E-state index contributed by atoms with van der Waals surface area (Å²) < 4.78 is 0. The van der Waals surface area contributed by atoms with Crippen LogP contribution in [0.15, 0.2) is 42.5 Å². The van der Waals surface area contributed by atoms with Crippen LogP contribution in [0, 0.1) is 0 Å². The fraction of sp³-hybridized carbons (Fsp3) is 0. The summed E-state index contributed by atoms with van der Waals surface area (Å²) in [6, 6.07) is 10.7. The van der Waals surface area contributed by atoms with Gasteiger partial charge in [-0.1, -0.05) is 12.1 Å². The van der Waals surface area contributed by atoms with Crippen LogP contribution < -0.4 is 16.8 Å². The van der Waals surface area contributed by atoms with Gasteiger partial charge >= 0.3 is 0 Å². The molecule has 2 aromatic carbocycles. The number of nitrogen functional groups attached to an aromatic ring is 1. The summed E-state index contributed by atoms with van der Waals surface area (Å²) in [5.74, 6) is -1.40. The van der Waals surface area contributed by atoms with Crippen molar-refractivity contribution in [2.75, 3.05) is 11.1 Å². The molecule has 0 saturated carbocycles. The zero-order valence-electron chi connectivity index (χ0n) is 10.5. The number of carbonyl (C=O) groups excluding carboxylic acids is 2. The molecule has 6 N–H and O–H groups in total. The maximum atomic E-state index is 12.0. The average Bonchev–Trinajstić information content (AvgIpc) is 2.42. The molecule has 0 aliphatic heterocycles. The number of nitrogens with two attached hydrogens (primary N) is 2. The van der Waals surface area contributed by atoms with Gasteiger partial charge in [-0.2, -0.15) is 0 Å². The van der Waals surface area contributed by atoms with Gasteiger partial charge < -0.3 is 21.9 Å². The van der Waals surface area contributed by atoms with Crippen LogP contribution in [-0.2, 0) is 0 Å². The van der Waals surface area contributed by atoms with Crippen LogP contribution in [0.25, 0.3) is 0 Å². The largest absolute Gasteiger partial charge is 0.505 e. The van der Waals surface area contributed by atoms with Crippen molar-refractivity contribution in [3.05, 3.63) is 53.6 Å². The van der Waals surface area contributed by atoms with Gasteiger partial charge in [0.15, 0.2) is 5.75 Å². The number of nitrogens with one attached hydrogen (secondary N) is 1. The molecule has 0 radical (unpaired) electrons. The molecule has 0 bridgehead atoms. The minimum Gasteiger partial charge on any atom is -0.505 e. The van der Waals surface area contributed by atoms with E-state index >= 15 is 0 Å². The molecule has 2 rings (SSSR count). The number of para-hydroxylation sites is 1. The first-order valence-electron chi connectivity index (χ1n) is 5.77. The Labute approximate surface area is 115 Å². The highest BCUT2D eigenvalue weighted by Crippen LogP contribution is 2.25. The molecule has 6 nitrogen and oxygen atoms in total. The van der Waals surface area contributed by atoms with Crippen LogP contribution in [0.2, 0.25) is 0 Å². The van der Waals surface area contributed by atoms with Crippen molar-refractivity contribution in [2.24, 2.45) is 5.73 Å². The number of carbonyl (C=O) groups is 2. The van der Waals surface area contributed by atoms with Gasteiger partial charge in [0.25, 0.3) is 5.91 Å². The van der Waals surface area contributed by atoms with E-state index in [2.05, 4.69) is 5.32 Å². The van der Waals surface area contributed by atoms with Gasteiger partial charge in [-0.25, -0.2) is 0 Å². The van der Waals surface area contributed by atoms with Crippen molar-refractivity contribution in [3.63, 3.8) is 0 Å². The topological polar surface area (TPSA) is 118 Å². The first-order chi connectivity index (χ1) is 9.49. The monoisotopic (exact) mass is 271 g/mol. The Morgan fingerprint density at radius 3 is 2.50 bits per heavy atom. The quantitative estimate of drug-likeness (QED) is 0.497. The van der Waals surface area contributed by atoms with E-state index in [0.717, 1.165) is 0 Å². The number of benzene rings is 2. The minimum atomic E-state index is -0.590. The minimum absolute atomic E-state index is 0.0504. The summed E-state index contributed by atoms with van der Waals surface area (Å²) in [6.07, 6.45) is 0. The van der Waals surface area contributed by atoms with E-state index in [9.17, 15) is 14.7 Å². The molecule has 20 heavy (non-hydrogen) atoms. The van der Waals surface area contributed by atoms with Crippen molar-refractivity contribution < 1.29 is 14.7 Å². The molecule has 0 atom stereocenters. The first-order valence-corrected chi connectivity index (χ1v) is 5.77. The fourth-order valence-electron chi connectivity index (χ4n) is 1.69. The SMILES string of the molecule is NC(=O)c1cccc(NC(=O)c2cccc(N)c2O)c1. The molecule has 0 spiro atoms. The molecule has 0 aliphatic carbocycles. The van der Waals surface area contributed by atoms with Crippen molar-refractivity contribution in [3.8, 4) is 5.75 Å². The Morgan fingerprint density at radius 1 is 1.10 bits per heavy atom. The normalized spacial score (nSPS) is 10.0. The molecule has 0 aliphatic rings. The van der Waals surface area contributed by atoms with Crippen LogP contribution in [0.1, 0.15) is 20.7 Å². The van der Waals surface area contributed by atoms with Crippen molar-refractivity contribution >= 4 is 23.2 Å². The van der Waals surface area contributed by atoms with Crippen LogP contribution in [-0.4, -0.2) is 16.9 Å². The van der Waals surface area contributed by atoms with E-state index in [1.54, 1.807) is 18.2 Å². The molecule has 2 aromatic rings. The maximum absolute atomic E-state index is 12.0. The van der Waals surface area contributed by atoms with Crippen LogP contribution >= 0.6 is 0 Å². The van der Waals surface area contributed by atoms with Crippen LogP contribution in [0.5, 0.6) is 5.75 Å². The summed E-state index contributed by atoms with van der Waals surface area (Å²) >= 11 is 0. The lowest BCUT2D eigenvalue weighted by Crippen LogP contribution is -2.14. The second-order valence-corrected chi connectivity index (χ2v) is 4.14. The number of phenolic OH excluding ortho intramolecular Hbond substituents is 1. The molecule has 0 fully saturated rings. The van der Waals surface area contributed by atoms with Crippen LogP contribution in [0.3, 0.4) is 0 Å². The smallest absolute Gasteiger partial charge is 0.259 e. The van der Waals surface area contributed by atoms with Gasteiger partial charge in [0.2, 0.25) is 5.91 Å². The van der Waals surface area contributed by atoms with Gasteiger partial charge in [0, 0.05) is 11.3 Å². The predicted octanol–water partition coefficient (Wildman–Crippen LogP) is 1.33. The van der Waals surface area contributed by atoms with E-state index in [0.29, 0.717) is 5.69 Å². The van der Waals surface area contributed by atoms with E-state index in [1.807, 2.05) is 0 Å². The molecule has 0 saturated heterocycles. The number of phenols is 1. The summed E-state index contributed by atoms with van der Waals surface area (Å²) in [6.45, 7) is 0. The number of aromatic hydroxyl groups is 1. The molecule has 0 unspecified atom stereocenters. The summed E-state index contributed by atoms with van der Waals surface area (Å²) in [5.41, 5.74) is 11.5. The van der Waals surface area contributed by atoms with Gasteiger partial charge in [-0.15, -0.1) is 0 Å². The number of anilines is 2. The molecule has 6 heteroatoms. The standard InChI is InChI=1S/C14H13N3O3/c15-11-6-2-5-10(12(11)18)14(20)17-9-4-1-3-8(7-9)13(16)19/h1-7,18H,15H2,(H2,16,19)(H,17,20). The van der Waals surface area contributed by atoms with Crippen molar-refractivity contribution in [1.82, 2.24) is 0 Å². The van der Waals surface area contributed by atoms with Gasteiger partial charge in [0.1, 0.15) is 0 Å². The summed E-state index contributed by atoms with van der Waals surface area (Å²) in [4.78, 5) is 23.1. The van der Waals surface area contributed by atoms with E-state index in [-0.39, 0.29) is 22.6 Å². The maximum Gasteiger partial charge on any atom is 0.259 e. The third-order valence-corrected chi connectivity index (χ3v) is 2.72. The zero-order valence-corrected chi connectivity index (χ0v) is 10.5. The lowest BCUT2D eigenvalue weighted by atomic mass is 10.1. The number of hydrogen-bond donors (Lipinski definition) is 4. The second-order valence-electron chi connectivity index (χ2n) is 4.14. The average molecular weight is 271 g/mol.